The van der Waals surface area contributed by atoms with Crippen LogP contribution in [-0.2, 0) is 0 Å². The van der Waals surface area contributed by atoms with Crippen molar-refractivity contribution in [2.45, 2.75) is 5.92 Å². The predicted molar refractivity (Wildman–Crippen MR) is 123 cm³/mol. The minimum atomic E-state index is 0.118. The molecule has 150 valence electrons. The minimum Gasteiger partial charge on any atom is -0.497 e. The first-order chi connectivity index (χ1) is 14.8. The molecule has 4 aromatic carbocycles. The molecule has 0 fully saturated rings. The molecule has 0 amide bonds. The summed E-state index contributed by atoms with van der Waals surface area (Å²) in [6.07, 6.45) is 0. The van der Waals surface area contributed by atoms with E-state index in [-0.39, 0.29) is 5.92 Å². The summed E-state index contributed by atoms with van der Waals surface area (Å²) in [5.74, 6) is 1.83. The molecule has 0 saturated heterocycles. The van der Waals surface area contributed by atoms with Crippen LogP contribution in [0.1, 0.15) is 22.6 Å². The van der Waals surface area contributed by atoms with Crippen LogP contribution in [0.2, 0.25) is 0 Å². The van der Waals surface area contributed by atoms with Gasteiger partial charge >= 0.3 is 0 Å². The Balaban J connectivity index is 1.67. The van der Waals surface area contributed by atoms with Crippen molar-refractivity contribution in [3.8, 4) is 11.5 Å². The Morgan fingerprint density at radius 3 is 1.33 bits per heavy atom. The Bertz CT molecular complexity index is 1010. The summed E-state index contributed by atoms with van der Waals surface area (Å²) < 4.78 is 10.7. The van der Waals surface area contributed by atoms with Gasteiger partial charge in [-0.15, -0.1) is 0 Å². The largest absolute Gasteiger partial charge is 0.497 e. The van der Waals surface area contributed by atoms with Crippen molar-refractivity contribution in [1.82, 2.24) is 0 Å². The van der Waals surface area contributed by atoms with Gasteiger partial charge in [0.2, 0.25) is 0 Å². The Morgan fingerprint density at radius 2 is 0.900 bits per heavy atom. The maximum atomic E-state index is 5.34. The summed E-state index contributed by atoms with van der Waals surface area (Å²) in [7, 11) is 3.38. The number of anilines is 2. The highest BCUT2D eigenvalue weighted by Gasteiger charge is 2.17. The van der Waals surface area contributed by atoms with Crippen LogP contribution in [0.3, 0.4) is 0 Å². The zero-order chi connectivity index (χ0) is 20.8. The second-order valence-electron chi connectivity index (χ2n) is 7.09. The van der Waals surface area contributed by atoms with Crippen molar-refractivity contribution in [3.05, 3.63) is 120 Å². The summed E-state index contributed by atoms with van der Waals surface area (Å²) in [4.78, 5) is 0. The summed E-state index contributed by atoms with van der Waals surface area (Å²) >= 11 is 0. The Labute approximate surface area is 177 Å². The molecule has 0 spiro atoms. The molecular weight excluding hydrogens is 370 g/mol. The van der Waals surface area contributed by atoms with Crippen LogP contribution in [0.4, 0.5) is 11.4 Å². The molecule has 0 aliphatic carbocycles. The van der Waals surface area contributed by atoms with E-state index in [9.17, 15) is 0 Å². The van der Waals surface area contributed by atoms with E-state index in [1.54, 1.807) is 14.2 Å². The number of methoxy groups -OCH3 is 2. The molecule has 0 bridgehead atoms. The lowest BCUT2D eigenvalue weighted by atomic mass is 9.85. The Hall–Kier alpha value is -3.72. The fourth-order valence-corrected chi connectivity index (χ4v) is 3.62. The van der Waals surface area contributed by atoms with Gasteiger partial charge in [0.15, 0.2) is 0 Å². The summed E-state index contributed by atoms with van der Waals surface area (Å²) in [5.41, 5.74) is 5.79. The lowest BCUT2D eigenvalue weighted by molar-refractivity contribution is 0.414. The van der Waals surface area contributed by atoms with E-state index in [0.29, 0.717) is 0 Å². The number of ether oxygens (including phenoxy) is 2. The molecule has 0 radical (unpaired) electrons. The van der Waals surface area contributed by atoms with E-state index in [1.165, 1.54) is 16.7 Å². The maximum absolute atomic E-state index is 5.34. The van der Waals surface area contributed by atoms with E-state index in [2.05, 4.69) is 66.0 Å². The van der Waals surface area contributed by atoms with Gasteiger partial charge < -0.3 is 14.8 Å². The molecule has 0 unspecified atom stereocenters. The van der Waals surface area contributed by atoms with Crippen LogP contribution in [0, 0.1) is 0 Å². The fourth-order valence-electron chi connectivity index (χ4n) is 3.62. The third kappa shape index (κ3) is 4.47. The smallest absolute Gasteiger partial charge is 0.118 e. The van der Waals surface area contributed by atoms with Gasteiger partial charge in [-0.25, -0.2) is 0 Å². The molecule has 3 heteroatoms. The van der Waals surface area contributed by atoms with E-state index in [1.807, 2.05) is 42.5 Å². The Kier molecular flexibility index (Phi) is 6.00. The van der Waals surface area contributed by atoms with Crippen molar-refractivity contribution in [1.29, 1.82) is 0 Å². The second kappa shape index (κ2) is 9.19. The first-order valence-electron chi connectivity index (χ1n) is 9.97. The normalized spacial score (nSPS) is 10.6. The fraction of sp³-hybridized carbons (Fsp3) is 0.111. The molecule has 4 rings (SSSR count). The molecule has 1 N–H and O–H groups in total. The van der Waals surface area contributed by atoms with E-state index in [4.69, 9.17) is 9.47 Å². The van der Waals surface area contributed by atoms with Crippen molar-refractivity contribution < 1.29 is 9.47 Å². The first-order valence-corrected chi connectivity index (χ1v) is 9.97. The van der Waals surface area contributed by atoms with Crippen LogP contribution in [0.5, 0.6) is 11.5 Å². The standard InChI is InChI=1S/C27H25NO2/c1-29-25-16-10-21(11-17-25)27(22-12-18-26(30-2)19-13-22)20-8-14-24(15-9-20)28-23-6-4-3-5-7-23/h3-19,27-28H,1-2H3. The van der Waals surface area contributed by atoms with Crippen molar-refractivity contribution in [2.75, 3.05) is 19.5 Å². The number of hydrogen-bond acceptors (Lipinski definition) is 3. The lowest BCUT2D eigenvalue weighted by Gasteiger charge is -2.20. The van der Waals surface area contributed by atoms with E-state index < -0.39 is 0 Å². The van der Waals surface area contributed by atoms with E-state index >= 15 is 0 Å². The number of benzene rings is 4. The van der Waals surface area contributed by atoms with Crippen molar-refractivity contribution in [3.63, 3.8) is 0 Å². The summed E-state index contributed by atoms with van der Waals surface area (Å²) in [6, 6.07) is 35.4. The van der Waals surface area contributed by atoms with Crippen molar-refractivity contribution in [2.24, 2.45) is 0 Å². The third-order valence-corrected chi connectivity index (χ3v) is 5.20. The lowest BCUT2D eigenvalue weighted by Crippen LogP contribution is -2.04. The maximum Gasteiger partial charge on any atom is 0.118 e. The molecule has 30 heavy (non-hydrogen) atoms. The van der Waals surface area contributed by atoms with E-state index in [0.717, 1.165) is 22.9 Å². The molecular formula is C27H25NO2. The summed E-state index contributed by atoms with van der Waals surface area (Å²) in [5, 5.41) is 3.45. The summed E-state index contributed by atoms with van der Waals surface area (Å²) in [6.45, 7) is 0. The first kappa shape index (κ1) is 19.6. The minimum absolute atomic E-state index is 0.118. The molecule has 0 aliphatic rings. The highest BCUT2D eigenvalue weighted by atomic mass is 16.5. The third-order valence-electron chi connectivity index (χ3n) is 5.20. The molecule has 4 aromatic rings. The van der Waals surface area contributed by atoms with Gasteiger partial charge in [-0.05, 0) is 65.2 Å². The van der Waals surface area contributed by atoms with Crippen LogP contribution >= 0.6 is 0 Å². The molecule has 3 nitrogen and oxygen atoms in total. The van der Waals surface area contributed by atoms with Gasteiger partial charge in [0.1, 0.15) is 11.5 Å². The molecule has 0 saturated carbocycles. The monoisotopic (exact) mass is 395 g/mol. The van der Waals surface area contributed by atoms with Gasteiger partial charge in [-0.3, -0.25) is 0 Å². The number of hydrogen-bond donors (Lipinski definition) is 1. The van der Waals surface area contributed by atoms with Crippen LogP contribution in [0.15, 0.2) is 103 Å². The molecule has 0 atom stereocenters. The van der Waals surface area contributed by atoms with Crippen LogP contribution in [-0.4, -0.2) is 14.2 Å². The number of para-hydroxylation sites is 1. The molecule has 0 aliphatic heterocycles. The van der Waals surface area contributed by atoms with Gasteiger partial charge in [0.25, 0.3) is 0 Å². The van der Waals surface area contributed by atoms with Gasteiger partial charge in [0.05, 0.1) is 14.2 Å². The quantitative estimate of drug-likeness (QED) is 0.356. The average molecular weight is 396 g/mol. The average Bonchev–Trinajstić information content (AvgIpc) is 2.82. The van der Waals surface area contributed by atoms with Crippen LogP contribution < -0.4 is 14.8 Å². The number of nitrogens with one attached hydrogen (secondary N) is 1. The zero-order valence-corrected chi connectivity index (χ0v) is 17.2. The predicted octanol–water partition coefficient (Wildman–Crippen LogP) is 6.63. The SMILES string of the molecule is COc1ccc(C(c2ccc(Nc3ccccc3)cc2)c2ccc(OC)cc2)cc1. The Morgan fingerprint density at radius 1 is 0.500 bits per heavy atom. The zero-order valence-electron chi connectivity index (χ0n) is 17.2. The van der Waals surface area contributed by atoms with Crippen LogP contribution in [0.25, 0.3) is 0 Å². The second-order valence-corrected chi connectivity index (χ2v) is 7.09. The molecule has 0 heterocycles. The van der Waals surface area contributed by atoms with Crippen molar-refractivity contribution >= 4 is 11.4 Å². The van der Waals surface area contributed by atoms with Gasteiger partial charge in [-0.2, -0.15) is 0 Å². The topological polar surface area (TPSA) is 30.5 Å². The molecule has 0 aromatic heterocycles. The highest BCUT2D eigenvalue weighted by molar-refractivity contribution is 5.60. The highest BCUT2D eigenvalue weighted by Crippen LogP contribution is 2.34. The van der Waals surface area contributed by atoms with Gasteiger partial charge in [-0.1, -0.05) is 54.6 Å². The van der Waals surface area contributed by atoms with Gasteiger partial charge in [0, 0.05) is 17.3 Å². The number of rotatable bonds is 7.